The molecule has 154 valence electrons. The van der Waals surface area contributed by atoms with Crippen LogP contribution in [-0.2, 0) is 17.5 Å². The molecule has 2 aromatic rings. The number of rotatable bonds is 3. The topological polar surface area (TPSA) is 42.3 Å². The summed E-state index contributed by atoms with van der Waals surface area (Å²) in [6.45, 7) is 1.69. The largest absolute Gasteiger partial charge is 0.416 e. The van der Waals surface area contributed by atoms with E-state index in [1.165, 1.54) is 23.9 Å². The number of thioether (sulfide) groups is 1. The maximum Gasteiger partial charge on any atom is 0.416 e. The van der Waals surface area contributed by atoms with Crippen LogP contribution in [0.15, 0.2) is 41.2 Å². The summed E-state index contributed by atoms with van der Waals surface area (Å²) in [4.78, 5) is 27.3. The van der Waals surface area contributed by atoms with Gasteiger partial charge in [0, 0.05) is 36.8 Å². The van der Waals surface area contributed by atoms with E-state index in [4.69, 9.17) is 0 Å². The summed E-state index contributed by atoms with van der Waals surface area (Å²) in [7, 11) is 0. The third kappa shape index (κ3) is 3.82. The lowest BCUT2D eigenvalue weighted by Crippen LogP contribution is -2.49. The van der Waals surface area contributed by atoms with Gasteiger partial charge in [-0.05, 0) is 48.4 Å². The Balaban J connectivity index is 1.69. The van der Waals surface area contributed by atoms with E-state index in [1.807, 2.05) is 17.2 Å². The number of amides is 1. The zero-order chi connectivity index (χ0) is 20.8. The number of fused-ring (bicyclic) bond motifs is 4. The summed E-state index contributed by atoms with van der Waals surface area (Å²) >= 11 is 1.50. The van der Waals surface area contributed by atoms with E-state index in [1.54, 1.807) is 10.6 Å². The predicted octanol–water partition coefficient (Wildman–Crippen LogP) is 3.84. The van der Waals surface area contributed by atoms with E-state index in [9.17, 15) is 22.8 Å². The highest BCUT2D eigenvalue weighted by atomic mass is 32.2. The molecule has 2 atom stereocenters. The van der Waals surface area contributed by atoms with Gasteiger partial charge in [0.15, 0.2) is 0 Å². The molecule has 1 saturated heterocycles. The van der Waals surface area contributed by atoms with Gasteiger partial charge in [-0.2, -0.15) is 24.9 Å². The van der Waals surface area contributed by atoms with Gasteiger partial charge in [-0.3, -0.25) is 9.59 Å². The normalized spacial score (nSPS) is 21.0. The molecule has 1 amide bonds. The van der Waals surface area contributed by atoms with E-state index < -0.39 is 11.7 Å². The molecule has 2 aliphatic rings. The van der Waals surface area contributed by atoms with Crippen LogP contribution in [0.1, 0.15) is 23.6 Å². The number of halogens is 3. The number of alkyl halides is 3. The highest BCUT2D eigenvalue weighted by Gasteiger charge is 2.36. The zero-order valence-electron chi connectivity index (χ0n) is 15.9. The molecule has 8 heteroatoms. The zero-order valence-corrected chi connectivity index (χ0v) is 16.7. The van der Waals surface area contributed by atoms with Crippen molar-refractivity contribution in [3.8, 4) is 11.1 Å². The van der Waals surface area contributed by atoms with Crippen molar-refractivity contribution in [3.05, 3.63) is 58.0 Å². The van der Waals surface area contributed by atoms with Gasteiger partial charge in [0.05, 0.1) is 11.3 Å². The summed E-state index contributed by atoms with van der Waals surface area (Å²) in [5.41, 5.74) is 0.378. The number of carbonyl (C=O) groups excluding carboxylic acids is 1. The predicted molar refractivity (Wildman–Crippen MR) is 107 cm³/mol. The molecule has 29 heavy (non-hydrogen) atoms. The third-order valence-corrected chi connectivity index (χ3v) is 6.26. The Morgan fingerprint density at radius 1 is 1.17 bits per heavy atom. The first-order valence-electron chi connectivity index (χ1n) is 9.46. The summed E-state index contributed by atoms with van der Waals surface area (Å²) in [6, 6.07) is 8.34. The quantitative estimate of drug-likeness (QED) is 0.755. The van der Waals surface area contributed by atoms with Crippen LogP contribution in [0.5, 0.6) is 0 Å². The van der Waals surface area contributed by atoms with Gasteiger partial charge in [-0.25, -0.2) is 0 Å². The molecule has 1 fully saturated rings. The van der Waals surface area contributed by atoms with Crippen LogP contribution in [0.2, 0.25) is 0 Å². The van der Waals surface area contributed by atoms with Crippen molar-refractivity contribution in [3.63, 3.8) is 0 Å². The Kier molecular flexibility index (Phi) is 5.23. The molecule has 4 rings (SSSR count). The molecule has 2 bridgehead atoms. The fourth-order valence-corrected chi connectivity index (χ4v) is 4.88. The Morgan fingerprint density at radius 2 is 1.97 bits per heavy atom. The van der Waals surface area contributed by atoms with Crippen molar-refractivity contribution >= 4 is 17.7 Å². The van der Waals surface area contributed by atoms with Gasteiger partial charge in [0.2, 0.25) is 5.91 Å². The molecule has 4 nitrogen and oxygen atoms in total. The van der Waals surface area contributed by atoms with E-state index in [-0.39, 0.29) is 34.4 Å². The molecule has 0 saturated carbocycles. The minimum atomic E-state index is -4.45. The van der Waals surface area contributed by atoms with Crippen LogP contribution >= 0.6 is 11.8 Å². The first-order chi connectivity index (χ1) is 13.8. The number of hydrogen-bond donors (Lipinski definition) is 0. The molecule has 1 aromatic heterocycles. The van der Waals surface area contributed by atoms with Crippen LogP contribution in [0.25, 0.3) is 11.1 Å². The first-order valence-corrected chi connectivity index (χ1v) is 10.9. The number of pyridine rings is 1. The fraction of sp³-hybridized carbons (Fsp3) is 0.429. The number of nitrogens with zero attached hydrogens (tertiary/aromatic N) is 2. The van der Waals surface area contributed by atoms with Crippen LogP contribution in [0.3, 0.4) is 0 Å². The smallest absolute Gasteiger partial charge is 0.341 e. The number of carbonyl (C=O) groups is 1. The van der Waals surface area contributed by atoms with Crippen molar-refractivity contribution in [2.24, 2.45) is 5.92 Å². The van der Waals surface area contributed by atoms with Crippen LogP contribution in [0.4, 0.5) is 13.2 Å². The van der Waals surface area contributed by atoms with E-state index in [0.717, 1.165) is 24.2 Å². The van der Waals surface area contributed by atoms with Gasteiger partial charge in [0.1, 0.15) is 0 Å². The van der Waals surface area contributed by atoms with Crippen molar-refractivity contribution < 1.29 is 18.0 Å². The van der Waals surface area contributed by atoms with Crippen molar-refractivity contribution in [2.45, 2.75) is 25.1 Å². The van der Waals surface area contributed by atoms with Crippen molar-refractivity contribution in [2.75, 3.05) is 25.1 Å². The van der Waals surface area contributed by atoms with Gasteiger partial charge >= 0.3 is 6.18 Å². The maximum atomic E-state index is 13.1. The molecule has 0 N–H and O–H groups in total. The lowest BCUT2D eigenvalue weighted by atomic mass is 9.82. The summed E-state index contributed by atoms with van der Waals surface area (Å²) in [5, 5.41) is 0. The molecular formula is C21H21F3N2O2S. The molecule has 0 radical (unpaired) electrons. The molecule has 3 heterocycles. The van der Waals surface area contributed by atoms with E-state index >= 15 is 0 Å². The number of benzene rings is 1. The SMILES string of the molecule is CSCC(=O)N1C[C@H]2C[C@H](C1)c1ccc(-c3cccc(C(F)(F)F)c3)c(=O)n1C2. The van der Waals surface area contributed by atoms with Crippen molar-refractivity contribution in [1.82, 2.24) is 9.47 Å². The highest BCUT2D eigenvalue weighted by molar-refractivity contribution is 7.99. The Morgan fingerprint density at radius 3 is 2.69 bits per heavy atom. The minimum Gasteiger partial charge on any atom is -0.341 e. The molecule has 1 aromatic carbocycles. The molecule has 0 aliphatic carbocycles. The Bertz CT molecular complexity index is 1000. The molecule has 0 unspecified atom stereocenters. The average molecular weight is 422 g/mol. The van der Waals surface area contributed by atoms with Gasteiger partial charge in [-0.1, -0.05) is 12.1 Å². The summed E-state index contributed by atoms with van der Waals surface area (Å²) in [6.07, 6.45) is -1.64. The lowest BCUT2D eigenvalue weighted by molar-refractivity contribution is -0.137. The molecule has 2 aliphatic heterocycles. The number of likely N-dealkylation sites (tertiary alicyclic amines) is 1. The Hall–Kier alpha value is -2.22. The summed E-state index contributed by atoms with van der Waals surface area (Å²) < 4.78 is 40.9. The van der Waals surface area contributed by atoms with Gasteiger partial charge in [0.25, 0.3) is 5.56 Å². The lowest BCUT2D eigenvalue weighted by Gasteiger charge is -2.43. The van der Waals surface area contributed by atoms with E-state index in [0.29, 0.717) is 25.4 Å². The highest BCUT2D eigenvalue weighted by Crippen LogP contribution is 2.36. The van der Waals surface area contributed by atoms with Gasteiger partial charge in [-0.15, -0.1) is 0 Å². The summed E-state index contributed by atoms with van der Waals surface area (Å²) in [5.74, 6) is 0.822. The van der Waals surface area contributed by atoms with Crippen LogP contribution < -0.4 is 5.56 Å². The number of hydrogen-bond acceptors (Lipinski definition) is 3. The minimum absolute atomic E-state index is 0.0802. The Labute approximate surface area is 170 Å². The standard InChI is InChI=1S/C21H21F3N2O2S/c1-29-12-19(27)25-9-13-7-15(11-25)18-6-5-17(20(28)26(18)10-13)14-3-2-4-16(8-14)21(22,23)24/h2-6,8,13,15H,7,9-12H2,1H3/t13-,15-/m1/s1. The monoisotopic (exact) mass is 422 g/mol. The number of aromatic nitrogens is 1. The maximum absolute atomic E-state index is 13.1. The van der Waals surface area contributed by atoms with E-state index in [2.05, 4.69) is 0 Å². The van der Waals surface area contributed by atoms with Crippen LogP contribution in [-0.4, -0.2) is 40.5 Å². The van der Waals surface area contributed by atoms with Gasteiger partial charge < -0.3 is 9.47 Å². The third-order valence-electron chi connectivity index (χ3n) is 5.73. The second kappa shape index (κ2) is 7.55. The number of piperidine rings is 1. The first kappa shape index (κ1) is 20.1. The van der Waals surface area contributed by atoms with Crippen molar-refractivity contribution in [1.29, 1.82) is 0 Å². The average Bonchev–Trinajstić information content (AvgIpc) is 2.68. The fourth-order valence-electron chi connectivity index (χ4n) is 4.45. The second-order valence-corrected chi connectivity index (χ2v) is 8.56. The van der Waals surface area contributed by atoms with Crippen LogP contribution in [0, 0.1) is 5.92 Å². The second-order valence-electron chi connectivity index (χ2n) is 7.70. The molecule has 0 spiro atoms. The molecular weight excluding hydrogens is 401 g/mol.